The predicted molar refractivity (Wildman–Crippen MR) is 73.3 cm³/mol. The molecule has 1 aromatic rings. The zero-order valence-electron chi connectivity index (χ0n) is 10.8. The number of hydroxylamine groups is 2. The highest BCUT2D eigenvalue weighted by molar-refractivity contribution is 7.99. The van der Waals surface area contributed by atoms with E-state index in [1.54, 1.807) is 7.05 Å². The number of nitrogens with zero attached hydrogens (tertiary/aromatic N) is 1. The Morgan fingerprint density at radius 2 is 2.33 bits per heavy atom. The summed E-state index contributed by atoms with van der Waals surface area (Å²) in [6.07, 6.45) is 2.52. The Morgan fingerprint density at radius 1 is 1.56 bits per heavy atom. The average Bonchev–Trinajstić information content (AvgIpc) is 2.59. The fraction of sp³-hybridized carbons (Fsp3) is 0.500. The molecule has 1 atom stereocenters. The van der Waals surface area contributed by atoms with Crippen molar-refractivity contribution in [2.24, 2.45) is 0 Å². The monoisotopic (exact) mass is 265 g/mol. The van der Waals surface area contributed by atoms with Gasteiger partial charge in [0.1, 0.15) is 0 Å². The van der Waals surface area contributed by atoms with Gasteiger partial charge in [-0.15, -0.1) is 11.8 Å². The Morgan fingerprint density at radius 3 is 3.00 bits per heavy atom. The van der Waals surface area contributed by atoms with Crippen molar-refractivity contribution in [3.05, 3.63) is 29.3 Å². The number of hydrogen-bond donors (Lipinski definition) is 1. The molecular weight excluding hydrogens is 246 g/mol. The van der Waals surface area contributed by atoms with Crippen LogP contribution < -0.4 is 0 Å². The summed E-state index contributed by atoms with van der Waals surface area (Å²) < 4.78 is 0. The smallest absolute Gasteiger partial charge is 0.162 e. The minimum Gasteiger partial charge on any atom is -0.314 e. The van der Waals surface area contributed by atoms with E-state index < -0.39 is 0 Å². The van der Waals surface area contributed by atoms with Crippen molar-refractivity contribution in [2.45, 2.75) is 37.1 Å². The minimum absolute atomic E-state index is 0.000365. The second-order valence-corrected chi connectivity index (χ2v) is 5.75. The summed E-state index contributed by atoms with van der Waals surface area (Å²) in [6, 6.07) is 5.87. The van der Waals surface area contributed by atoms with Gasteiger partial charge in [0.15, 0.2) is 5.78 Å². The predicted octanol–water partition coefficient (Wildman–Crippen LogP) is 3.53. The van der Waals surface area contributed by atoms with Crippen LogP contribution in [0.1, 0.15) is 48.1 Å². The number of carbonyl (C=O) groups is 1. The van der Waals surface area contributed by atoms with Crippen molar-refractivity contribution < 1.29 is 10.0 Å². The number of ketones is 1. The zero-order chi connectivity index (χ0) is 13.1. The second kappa shape index (κ2) is 5.87. The lowest BCUT2D eigenvalue weighted by atomic mass is 9.98. The molecule has 1 heterocycles. The Balaban J connectivity index is 2.42. The van der Waals surface area contributed by atoms with Gasteiger partial charge in [0, 0.05) is 23.9 Å². The van der Waals surface area contributed by atoms with Crippen LogP contribution in [-0.4, -0.2) is 28.9 Å². The molecule has 1 aliphatic rings. The summed E-state index contributed by atoms with van der Waals surface area (Å²) in [4.78, 5) is 13.0. The van der Waals surface area contributed by atoms with Crippen LogP contribution >= 0.6 is 11.8 Å². The molecule has 18 heavy (non-hydrogen) atoms. The molecular formula is C14H19NO2S. The summed E-state index contributed by atoms with van der Waals surface area (Å²) >= 11 is 1.81. The molecule has 0 aliphatic carbocycles. The standard InChI is InChI=1S/C14H19NO2S/c1-3-13(16)10-6-7-14-11(9-10)12(15(2)17)5-4-8-18-14/h6-7,9,12,17H,3-5,8H2,1-2H3. The van der Waals surface area contributed by atoms with Crippen LogP contribution in [0.5, 0.6) is 0 Å². The molecule has 98 valence electrons. The number of thioether (sulfide) groups is 1. The van der Waals surface area contributed by atoms with Gasteiger partial charge in [-0.2, -0.15) is 5.06 Å². The highest BCUT2D eigenvalue weighted by Crippen LogP contribution is 2.37. The summed E-state index contributed by atoms with van der Waals surface area (Å²) in [7, 11) is 1.68. The van der Waals surface area contributed by atoms with Gasteiger partial charge in [-0.05, 0) is 36.3 Å². The van der Waals surface area contributed by atoms with Gasteiger partial charge in [-0.3, -0.25) is 4.79 Å². The molecule has 1 aromatic carbocycles. The first kappa shape index (κ1) is 13.6. The van der Waals surface area contributed by atoms with E-state index in [4.69, 9.17) is 0 Å². The third kappa shape index (κ3) is 2.76. The van der Waals surface area contributed by atoms with Gasteiger partial charge in [0.25, 0.3) is 0 Å². The lowest BCUT2D eigenvalue weighted by molar-refractivity contribution is -0.107. The van der Waals surface area contributed by atoms with E-state index in [2.05, 4.69) is 0 Å². The molecule has 0 saturated carbocycles. The molecule has 1 unspecified atom stereocenters. The Bertz CT molecular complexity index is 445. The van der Waals surface area contributed by atoms with E-state index >= 15 is 0 Å². The van der Waals surface area contributed by atoms with Crippen molar-refractivity contribution in [2.75, 3.05) is 12.8 Å². The van der Waals surface area contributed by atoms with E-state index in [9.17, 15) is 10.0 Å². The maximum atomic E-state index is 11.8. The van der Waals surface area contributed by atoms with Gasteiger partial charge < -0.3 is 5.21 Å². The third-order valence-electron chi connectivity index (χ3n) is 3.34. The van der Waals surface area contributed by atoms with Gasteiger partial charge in [-0.1, -0.05) is 13.0 Å². The quantitative estimate of drug-likeness (QED) is 0.670. The molecule has 0 saturated heterocycles. The lowest BCUT2D eigenvalue weighted by Crippen LogP contribution is -2.21. The van der Waals surface area contributed by atoms with Gasteiger partial charge in [0.2, 0.25) is 0 Å². The number of Topliss-reactive ketones (excluding diaryl/α,β-unsaturated/α-hetero) is 1. The summed E-state index contributed by atoms with van der Waals surface area (Å²) in [6.45, 7) is 1.87. The van der Waals surface area contributed by atoms with Crippen LogP contribution in [0, 0.1) is 0 Å². The molecule has 0 aromatic heterocycles. The molecule has 0 fully saturated rings. The van der Waals surface area contributed by atoms with Crippen molar-refractivity contribution in [1.29, 1.82) is 0 Å². The average molecular weight is 265 g/mol. The number of rotatable bonds is 3. The Kier molecular flexibility index (Phi) is 4.43. The number of hydrogen-bond acceptors (Lipinski definition) is 4. The number of benzene rings is 1. The van der Waals surface area contributed by atoms with E-state index in [-0.39, 0.29) is 11.8 Å². The second-order valence-electron chi connectivity index (χ2n) is 4.61. The van der Waals surface area contributed by atoms with Crippen LogP contribution in [0.25, 0.3) is 0 Å². The van der Waals surface area contributed by atoms with E-state index in [0.717, 1.165) is 29.7 Å². The summed E-state index contributed by atoms with van der Waals surface area (Å²) in [5, 5.41) is 11.0. The van der Waals surface area contributed by atoms with E-state index in [1.807, 2.05) is 36.9 Å². The van der Waals surface area contributed by atoms with E-state index in [0.29, 0.717) is 6.42 Å². The normalized spacial score (nSPS) is 19.4. The Hall–Kier alpha value is -0.840. The molecule has 4 heteroatoms. The first-order chi connectivity index (χ1) is 8.63. The first-order valence-electron chi connectivity index (χ1n) is 6.35. The van der Waals surface area contributed by atoms with Gasteiger partial charge >= 0.3 is 0 Å². The van der Waals surface area contributed by atoms with Crippen LogP contribution in [0.2, 0.25) is 0 Å². The van der Waals surface area contributed by atoms with Crippen LogP contribution in [0.4, 0.5) is 0 Å². The molecule has 2 rings (SSSR count). The highest BCUT2D eigenvalue weighted by Gasteiger charge is 2.23. The summed E-state index contributed by atoms with van der Waals surface area (Å²) in [5.74, 6) is 1.23. The fourth-order valence-electron chi connectivity index (χ4n) is 2.32. The van der Waals surface area contributed by atoms with Crippen molar-refractivity contribution >= 4 is 17.5 Å². The Labute approximate surface area is 112 Å². The first-order valence-corrected chi connectivity index (χ1v) is 7.33. The SMILES string of the molecule is CCC(=O)c1ccc2c(c1)C(N(C)O)CCCS2. The van der Waals surface area contributed by atoms with Crippen LogP contribution in [-0.2, 0) is 0 Å². The molecule has 0 radical (unpaired) electrons. The lowest BCUT2D eigenvalue weighted by Gasteiger charge is -2.23. The fourth-order valence-corrected chi connectivity index (χ4v) is 3.38. The maximum absolute atomic E-state index is 11.8. The van der Waals surface area contributed by atoms with Crippen molar-refractivity contribution in [3.8, 4) is 0 Å². The third-order valence-corrected chi connectivity index (χ3v) is 4.52. The molecule has 0 amide bonds. The molecule has 0 spiro atoms. The van der Waals surface area contributed by atoms with Gasteiger partial charge in [-0.25, -0.2) is 0 Å². The van der Waals surface area contributed by atoms with Crippen molar-refractivity contribution in [1.82, 2.24) is 5.06 Å². The van der Waals surface area contributed by atoms with Crippen LogP contribution in [0.15, 0.2) is 23.1 Å². The van der Waals surface area contributed by atoms with Gasteiger partial charge in [0.05, 0.1) is 6.04 Å². The maximum Gasteiger partial charge on any atom is 0.162 e. The largest absolute Gasteiger partial charge is 0.314 e. The highest BCUT2D eigenvalue weighted by atomic mass is 32.2. The number of fused-ring (bicyclic) bond motifs is 1. The van der Waals surface area contributed by atoms with E-state index in [1.165, 1.54) is 9.96 Å². The molecule has 1 aliphatic heterocycles. The zero-order valence-corrected chi connectivity index (χ0v) is 11.7. The molecule has 3 nitrogen and oxygen atoms in total. The molecule has 1 N–H and O–H groups in total. The number of carbonyl (C=O) groups excluding carboxylic acids is 1. The topological polar surface area (TPSA) is 40.5 Å². The minimum atomic E-state index is -0.000365. The summed E-state index contributed by atoms with van der Waals surface area (Å²) in [5.41, 5.74) is 1.84. The molecule has 0 bridgehead atoms. The van der Waals surface area contributed by atoms with Crippen molar-refractivity contribution in [3.63, 3.8) is 0 Å². The van der Waals surface area contributed by atoms with Crippen LogP contribution in [0.3, 0.4) is 0 Å².